The van der Waals surface area contributed by atoms with Gasteiger partial charge in [0.1, 0.15) is 0 Å². The molecule has 3 atom stereocenters. The van der Waals surface area contributed by atoms with Crippen LogP contribution in [0.15, 0.2) is 0 Å². The normalized spacial score (nSPS) is 16.8. The Labute approximate surface area is 109 Å². The van der Waals surface area contributed by atoms with Crippen LogP contribution < -0.4 is 11.1 Å². The third kappa shape index (κ3) is 7.27. The first-order chi connectivity index (χ1) is 8.03. The molecular weight excluding hydrogens is 232 g/mol. The molecule has 0 radical (unpaired) electrons. The van der Waals surface area contributed by atoms with Crippen molar-refractivity contribution in [1.82, 2.24) is 5.32 Å². The first-order valence-corrected chi connectivity index (χ1v) is 6.30. The zero-order chi connectivity index (χ0) is 14.5. The number of carboxylic acid groups (broad SMARTS) is 1. The average molecular weight is 258 g/mol. The van der Waals surface area contributed by atoms with Crippen molar-refractivity contribution < 1.29 is 14.7 Å². The number of amides is 1. The highest BCUT2D eigenvalue weighted by atomic mass is 16.4. The zero-order valence-electron chi connectivity index (χ0n) is 12.0. The van der Waals surface area contributed by atoms with Gasteiger partial charge in [0.15, 0.2) is 0 Å². The fraction of sp³-hybridized carbons (Fsp3) is 0.846. The molecule has 0 saturated carbocycles. The highest BCUT2D eigenvalue weighted by Gasteiger charge is 2.25. The lowest BCUT2D eigenvalue weighted by Crippen LogP contribution is -2.45. The smallest absolute Gasteiger partial charge is 0.305 e. The minimum absolute atomic E-state index is 0.0367. The van der Waals surface area contributed by atoms with Gasteiger partial charge in [0, 0.05) is 18.0 Å². The summed E-state index contributed by atoms with van der Waals surface area (Å²) in [6.45, 7) is 9.56. The standard InChI is InChI=1S/C13H26N2O3/c1-8(9(2)14)12(18)15-10(6-11(16)17)7-13(3,4)5/h8-10H,6-7,14H2,1-5H3,(H,15,18)(H,16,17). The molecule has 0 fully saturated rings. The largest absolute Gasteiger partial charge is 0.481 e. The molecule has 0 rings (SSSR count). The van der Waals surface area contributed by atoms with E-state index in [0.29, 0.717) is 6.42 Å². The summed E-state index contributed by atoms with van der Waals surface area (Å²) in [7, 11) is 0. The van der Waals surface area contributed by atoms with E-state index >= 15 is 0 Å². The second-order valence-electron chi connectivity index (χ2n) is 6.22. The van der Waals surface area contributed by atoms with Gasteiger partial charge in [0.05, 0.1) is 6.42 Å². The van der Waals surface area contributed by atoms with Crippen LogP contribution in [-0.2, 0) is 9.59 Å². The number of nitrogens with one attached hydrogen (secondary N) is 1. The number of carboxylic acids is 1. The van der Waals surface area contributed by atoms with E-state index in [4.69, 9.17) is 10.8 Å². The Kier molecular flexibility index (Phi) is 6.32. The molecule has 3 unspecified atom stereocenters. The molecule has 0 bridgehead atoms. The number of rotatable bonds is 6. The van der Waals surface area contributed by atoms with Gasteiger partial charge < -0.3 is 16.2 Å². The van der Waals surface area contributed by atoms with Crippen molar-refractivity contribution in [3.8, 4) is 0 Å². The predicted molar refractivity (Wildman–Crippen MR) is 71.1 cm³/mol. The van der Waals surface area contributed by atoms with Gasteiger partial charge in [-0.25, -0.2) is 0 Å². The molecule has 1 amide bonds. The Balaban J connectivity index is 4.59. The molecule has 5 nitrogen and oxygen atoms in total. The molecule has 0 aromatic carbocycles. The first-order valence-electron chi connectivity index (χ1n) is 6.30. The molecule has 5 heteroatoms. The number of carbonyl (C=O) groups is 2. The Morgan fingerprint density at radius 3 is 2.11 bits per heavy atom. The molecule has 0 aromatic heterocycles. The van der Waals surface area contributed by atoms with Crippen LogP contribution >= 0.6 is 0 Å². The Bertz CT molecular complexity index is 295. The van der Waals surface area contributed by atoms with Crippen LogP contribution in [0.25, 0.3) is 0 Å². The van der Waals surface area contributed by atoms with E-state index in [9.17, 15) is 9.59 Å². The van der Waals surface area contributed by atoms with Gasteiger partial charge >= 0.3 is 5.97 Å². The van der Waals surface area contributed by atoms with Crippen molar-refractivity contribution in [3.05, 3.63) is 0 Å². The summed E-state index contributed by atoms with van der Waals surface area (Å²) in [5.74, 6) is -1.40. The molecule has 0 spiro atoms. The van der Waals surface area contributed by atoms with E-state index in [-0.39, 0.29) is 35.7 Å². The quantitative estimate of drug-likeness (QED) is 0.671. The number of hydrogen-bond acceptors (Lipinski definition) is 3. The van der Waals surface area contributed by atoms with Crippen molar-refractivity contribution in [1.29, 1.82) is 0 Å². The number of hydrogen-bond donors (Lipinski definition) is 3. The van der Waals surface area contributed by atoms with Gasteiger partial charge in [0.25, 0.3) is 0 Å². The summed E-state index contributed by atoms with van der Waals surface area (Å²) in [5.41, 5.74) is 5.63. The highest BCUT2D eigenvalue weighted by molar-refractivity contribution is 5.80. The number of carbonyl (C=O) groups excluding carboxylic acids is 1. The number of nitrogens with two attached hydrogens (primary N) is 1. The minimum Gasteiger partial charge on any atom is -0.481 e. The molecule has 0 saturated heterocycles. The van der Waals surface area contributed by atoms with Crippen LogP contribution in [0, 0.1) is 11.3 Å². The summed E-state index contributed by atoms with van der Waals surface area (Å²) in [5, 5.41) is 11.7. The molecule has 4 N–H and O–H groups in total. The third-order valence-electron chi connectivity index (χ3n) is 2.83. The molecule has 0 aromatic rings. The lowest BCUT2D eigenvalue weighted by atomic mass is 9.86. The fourth-order valence-electron chi connectivity index (χ4n) is 1.70. The van der Waals surface area contributed by atoms with E-state index in [1.165, 1.54) is 0 Å². The average Bonchev–Trinajstić information content (AvgIpc) is 2.11. The molecule has 0 aliphatic carbocycles. The summed E-state index contributed by atoms with van der Waals surface area (Å²) in [6.07, 6.45) is 0.561. The molecule has 106 valence electrons. The van der Waals surface area contributed by atoms with E-state index in [1.807, 2.05) is 20.8 Å². The second-order valence-corrected chi connectivity index (χ2v) is 6.22. The van der Waals surface area contributed by atoms with Crippen molar-refractivity contribution >= 4 is 11.9 Å². The van der Waals surface area contributed by atoms with Gasteiger partial charge in [-0.2, -0.15) is 0 Å². The lowest BCUT2D eigenvalue weighted by molar-refractivity contribution is -0.138. The van der Waals surface area contributed by atoms with Crippen LogP contribution in [0.5, 0.6) is 0 Å². The van der Waals surface area contributed by atoms with E-state index in [0.717, 1.165) is 0 Å². The third-order valence-corrected chi connectivity index (χ3v) is 2.83. The van der Waals surface area contributed by atoms with Crippen molar-refractivity contribution in [2.45, 2.75) is 59.5 Å². The number of aliphatic carboxylic acids is 1. The molecule has 18 heavy (non-hydrogen) atoms. The van der Waals surface area contributed by atoms with Gasteiger partial charge in [-0.15, -0.1) is 0 Å². The maximum absolute atomic E-state index is 11.9. The lowest BCUT2D eigenvalue weighted by Gasteiger charge is -2.27. The first kappa shape index (κ1) is 16.9. The van der Waals surface area contributed by atoms with Crippen LogP contribution in [0.1, 0.15) is 47.5 Å². The van der Waals surface area contributed by atoms with Crippen molar-refractivity contribution in [2.24, 2.45) is 17.1 Å². The predicted octanol–water partition coefficient (Wildman–Crippen LogP) is 1.37. The van der Waals surface area contributed by atoms with Crippen molar-refractivity contribution in [2.75, 3.05) is 0 Å². The molecule has 0 heterocycles. The molecule has 0 aliphatic heterocycles. The molecular formula is C13H26N2O3. The van der Waals surface area contributed by atoms with E-state index in [2.05, 4.69) is 5.32 Å². The van der Waals surface area contributed by atoms with Crippen LogP contribution in [-0.4, -0.2) is 29.1 Å². The van der Waals surface area contributed by atoms with Gasteiger partial charge in [-0.1, -0.05) is 27.7 Å². The Morgan fingerprint density at radius 2 is 1.78 bits per heavy atom. The maximum atomic E-state index is 11.9. The summed E-state index contributed by atoms with van der Waals surface area (Å²) >= 11 is 0. The minimum atomic E-state index is -0.905. The van der Waals surface area contributed by atoms with Crippen LogP contribution in [0.3, 0.4) is 0 Å². The van der Waals surface area contributed by atoms with Crippen LogP contribution in [0.4, 0.5) is 0 Å². The van der Waals surface area contributed by atoms with Crippen molar-refractivity contribution in [3.63, 3.8) is 0 Å². The monoisotopic (exact) mass is 258 g/mol. The van der Waals surface area contributed by atoms with E-state index < -0.39 is 5.97 Å². The highest BCUT2D eigenvalue weighted by Crippen LogP contribution is 2.22. The Morgan fingerprint density at radius 1 is 1.28 bits per heavy atom. The van der Waals surface area contributed by atoms with Gasteiger partial charge in [-0.05, 0) is 18.8 Å². The topological polar surface area (TPSA) is 92.4 Å². The fourth-order valence-corrected chi connectivity index (χ4v) is 1.70. The van der Waals surface area contributed by atoms with Gasteiger partial charge in [0.2, 0.25) is 5.91 Å². The zero-order valence-corrected chi connectivity index (χ0v) is 12.0. The van der Waals surface area contributed by atoms with E-state index in [1.54, 1.807) is 13.8 Å². The SMILES string of the molecule is CC(N)C(C)C(=O)NC(CC(=O)O)CC(C)(C)C. The van der Waals surface area contributed by atoms with Crippen LogP contribution in [0.2, 0.25) is 0 Å². The Hall–Kier alpha value is -1.10. The summed E-state index contributed by atoms with van der Waals surface area (Å²) in [4.78, 5) is 22.7. The molecule has 0 aliphatic rings. The summed E-state index contributed by atoms with van der Waals surface area (Å²) < 4.78 is 0. The maximum Gasteiger partial charge on any atom is 0.305 e. The summed E-state index contributed by atoms with van der Waals surface area (Å²) in [6, 6.07) is -0.596. The van der Waals surface area contributed by atoms with Gasteiger partial charge in [-0.3, -0.25) is 9.59 Å². The second kappa shape index (κ2) is 6.73.